The molecule has 0 amide bonds. The molecule has 0 radical (unpaired) electrons. The molecule has 0 aliphatic carbocycles. The monoisotopic (exact) mass is 348 g/mol. The maximum atomic E-state index is 10.2. The van der Waals surface area contributed by atoms with E-state index in [0.29, 0.717) is 5.75 Å². The van der Waals surface area contributed by atoms with Crippen LogP contribution in [0.25, 0.3) is 0 Å². The van der Waals surface area contributed by atoms with E-state index in [1.54, 1.807) is 19.2 Å². The van der Waals surface area contributed by atoms with Crippen LogP contribution in [-0.2, 0) is 0 Å². The van der Waals surface area contributed by atoms with E-state index in [4.69, 9.17) is 4.74 Å². The Labute approximate surface area is 145 Å². The molecular weight excluding hydrogens is 323 g/mol. The van der Waals surface area contributed by atoms with Crippen molar-refractivity contribution in [1.82, 2.24) is 10.2 Å². The van der Waals surface area contributed by atoms with E-state index in [0.717, 1.165) is 49.5 Å². The zero-order valence-electron chi connectivity index (χ0n) is 13.2. The van der Waals surface area contributed by atoms with Gasteiger partial charge in [-0.1, -0.05) is 5.57 Å². The van der Waals surface area contributed by atoms with Gasteiger partial charge in [0.15, 0.2) is 0 Å². The van der Waals surface area contributed by atoms with Gasteiger partial charge < -0.3 is 15.2 Å². The molecule has 4 nitrogen and oxygen atoms in total. The number of phenols is 1. The van der Waals surface area contributed by atoms with Crippen molar-refractivity contribution in [2.24, 2.45) is 0 Å². The number of benzene rings is 1. The summed E-state index contributed by atoms with van der Waals surface area (Å²) in [5.74, 6) is 1.11. The highest BCUT2D eigenvalue weighted by molar-refractivity contribution is 5.85. The highest BCUT2D eigenvalue weighted by Gasteiger charge is 2.24. The first-order valence-corrected chi connectivity index (χ1v) is 7.08. The summed E-state index contributed by atoms with van der Waals surface area (Å²) in [5.41, 5.74) is 2.05. The molecule has 0 saturated carbocycles. The number of piperazine rings is 1. The number of hydrogen-bond donors (Lipinski definition) is 2. The Morgan fingerprint density at radius 1 is 1.36 bits per heavy atom. The Morgan fingerprint density at radius 3 is 2.55 bits per heavy atom. The lowest BCUT2D eigenvalue weighted by atomic mass is 9.97. The molecule has 0 spiro atoms. The van der Waals surface area contributed by atoms with Gasteiger partial charge in [-0.05, 0) is 31.5 Å². The van der Waals surface area contributed by atoms with Crippen LogP contribution in [0.4, 0.5) is 0 Å². The topological polar surface area (TPSA) is 44.7 Å². The number of halogens is 2. The van der Waals surface area contributed by atoms with Crippen LogP contribution in [0.15, 0.2) is 30.4 Å². The third-order valence-electron chi connectivity index (χ3n) is 3.73. The van der Waals surface area contributed by atoms with Crippen LogP contribution in [-0.4, -0.2) is 43.3 Å². The first-order chi connectivity index (χ1) is 9.61. The molecule has 2 rings (SSSR count). The summed E-state index contributed by atoms with van der Waals surface area (Å²) in [6.07, 6.45) is 0.848. The van der Waals surface area contributed by atoms with Crippen molar-refractivity contribution in [3.8, 4) is 11.5 Å². The predicted molar refractivity (Wildman–Crippen MR) is 95.8 cm³/mol. The minimum absolute atomic E-state index is 0. The van der Waals surface area contributed by atoms with Crippen molar-refractivity contribution in [1.29, 1.82) is 0 Å². The number of aromatic hydroxyl groups is 1. The molecule has 22 heavy (non-hydrogen) atoms. The first kappa shape index (κ1) is 21.1. The average Bonchev–Trinajstić information content (AvgIpc) is 2.46. The third kappa shape index (κ3) is 5.36. The van der Waals surface area contributed by atoms with E-state index in [2.05, 4.69) is 16.8 Å². The number of nitrogens with zero attached hydrogens (tertiary/aromatic N) is 1. The fourth-order valence-electron chi connectivity index (χ4n) is 2.69. The SMILES string of the molecule is C=C(C)C[C@@H](c1cc(OC)ccc1O)N1CCNCC1.Cl.Cl. The lowest BCUT2D eigenvalue weighted by Crippen LogP contribution is -2.45. The summed E-state index contributed by atoms with van der Waals surface area (Å²) in [4.78, 5) is 2.40. The second-order valence-electron chi connectivity index (χ2n) is 5.39. The fourth-order valence-corrected chi connectivity index (χ4v) is 2.69. The number of nitrogens with one attached hydrogen (secondary N) is 1. The average molecular weight is 349 g/mol. The quantitative estimate of drug-likeness (QED) is 0.802. The lowest BCUT2D eigenvalue weighted by Gasteiger charge is -2.35. The Kier molecular flexibility index (Phi) is 9.53. The maximum absolute atomic E-state index is 10.2. The molecule has 1 aromatic carbocycles. The van der Waals surface area contributed by atoms with Gasteiger partial charge in [0.2, 0.25) is 0 Å². The summed E-state index contributed by atoms with van der Waals surface area (Å²) < 4.78 is 5.29. The lowest BCUT2D eigenvalue weighted by molar-refractivity contribution is 0.169. The van der Waals surface area contributed by atoms with Gasteiger partial charge in [-0.2, -0.15) is 0 Å². The summed E-state index contributed by atoms with van der Waals surface area (Å²) in [6, 6.07) is 5.59. The first-order valence-electron chi connectivity index (χ1n) is 7.08. The molecule has 1 fully saturated rings. The predicted octanol–water partition coefficient (Wildman–Crippen LogP) is 3.16. The van der Waals surface area contributed by atoms with Crippen molar-refractivity contribution in [2.75, 3.05) is 33.3 Å². The van der Waals surface area contributed by atoms with Crippen LogP contribution >= 0.6 is 24.8 Å². The minimum atomic E-state index is 0. The largest absolute Gasteiger partial charge is 0.508 e. The van der Waals surface area contributed by atoms with Crippen molar-refractivity contribution in [3.63, 3.8) is 0 Å². The normalized spacial score (nSPS) is 16.1. The second-order valence-corrected chi connectivity index (χ2v) is 5.39. The molecule has 1 aliphatic rings. The fraction of sp³-hybridized carbons (Fsp3) is 0.500. The molecule has 2 N–H and O–H groups in total. The molecule has 0 unspecified atom stereocenters. The highest BCUT2D eigenvalue weighted by atomic mass is 35.5. The van der Waals surface area contributed by atoms with Crippen molar-refractivity contribution < 1.29 is 9.84 Å². The van der Waals surface area contributed by atoms with Crippen LogP contribution in [0.1, 0.15) is 24.9 Å². The summed E-state index contributed by atoms with van der Waals surface area (Å²) in [6.45, 7) is 10.00. The Bertz CT molecular complexity index is 477. The highest BCUT2D eigenvalue weighted by Crippen LogP contribution is 2.35. The van der Waals surface area contributed by atoms with Gasteiger partial charge in [-0.3, -0.25) is 4.90 Å². The molecule has 1 saturated heterocycles. The van der Waals surface area contributed by atoms with Gasteiger partial charge in [0.05, 0.1) is 7.11 Å². The standard InChI is InChI=1S/C16H24N2O2.2ClH/c1-12(2)10-15(18-8-6-17-7-9-18)14-11-13(20-3)4-5-16(14)19;;/h4-5,11,15,17,19H,1,6-10H2,2-3H3;2*1H/t15-;;/m0../s1. The van der Waals surface area contributed by atoms with Crippen LogP contribution < -0.4 is 10.1 Å². The third-order valence-corrected chi connectivity index (χ3v) is 3.73. The molecule has 1 aliphatic heterocycles. The van der Waals surface area contributed by atoms with Crippen molar-refractivity contribution in [3.05, 3.63) is 35.9 Å². The van der Waals surface area contributed by atoms with E-state index >= 15 is 0 Å². The Hall–Kier alpha value is -0.940. The summed E-state index contributed by atoms with van der Waals surface area (Å²) >= 11 is 0. The number of phenolic OH excluding ortho intramolecular Hbond substituents is 1. The van der Waals surface area contributed by atoms with Crippen LogP contribution in [0.2, 0.25) is 0 Å². The van der Waals surface area contributed by atoms with Gasteiger partial charge in [0.1, 0.15) is 11.5 Å². The number of methoxy groups -OCH3 is 1. The molecule has 126 valence electrons. The molecule has 1 aromatic rings. The minimum Gasteiger partial charge on any atom is -0.508 e. The van der Waals surface area contributed by atoms with Gasteiger partial charge >= 0.3 is 0 Å². The van der Waals surface area contributed by atoms with E-state index < -0.39 is 0 Å². The zero-order valence-corrected chi connectivity index (χ0v) is 14.8. The zero-order chi connectivity index (χ0) is 14.5. The number of rotatable bonds is 5. The smallest absolute Gasteiger partial charge is 0.120 e. The van der Waals surface area contributed by atoms with Crippen molar-refractivity contribution >= 4 is 24.8 Å². The van der Waals surface area contributed by atoms with E-state index in [1.807, 2.05) is 13.0 Å². The number of hydrogen-bond acceptors (Lipinski definition) is 4. The van der Waals surface area contributed by atoms with E-state index in [9.17, 15) is 5.11 Å². The second kappa shape index (κ2) is 9.95. The molecule has 1 atom stereocenters. The van der Waals surface area contributed by atoms with Gasteiger partial charge in [0.25, 0.3) is 0 Å². The molecule has 0 aromatic heterocycles. The van der Waals surface area contributed by atoms with Crippen LogP contribution in [0.5, 0.6) is 11.5 Å². The van der Waals surface area contributed by atoms with Gasteiger partial charge in [-0.25, -0.2) is 0 Å². The summed E-state index contributed by atoms with van der Waals surface area (Å²) in [7, 11) is 1.65. The molecule has 6 heteroatoms. The van der Waals surface area contributed by atoms with Gasteiger partial charge in [0, 0.05) is 37.8 Å². The van der Waals surface area contributed by atoms with Crippen molar-refractivity contribution in [2.45, 2.75) is 19.4 Å². The van der Waals surface area contributed by atoms with Gasteiger partial charge in [-0.15, -0.1) is 31.4 Å². The summed E-state index contributed by atoms with van der Waals surface area (Å²) in [5, 5.41) is 13.6. The van der Waals surface area contributed by atoms with E-state index in [1.165, 1.54) is 0 Å². The molecular formula is C16H26Cl2N2O2. The Morgan fingerprint density at radius 2 is 2.00 bits per heavy atom. The molecule has 1 heterocycles. The number of ether oxygens (including phenoxy) is 1. The van der Waals surface area contributed by atoms with E-state index in [-0.39, 0.29) is 30.9 Å². The molecule has 0 bridgehead atoms. The van der Waals surface area contributed by atoms with Crippen LogP contribution in [0.3, 0.4) is 0 Å². The maximum Gasteiger partial charge on any atom is 0.120 e. The Balaban J connectivity index is 0.00000220. The van der Waals surface area contributed by atoms with Crippen LogP contribution in [0, 0.1) is 0 Å².